The zero-order chi connectivity index (χ0) is 22.7. The van der Waals surface area contributed by atoms with E-state index >= 15 is 0 Å². The molecule has 0 saturated carbocycles. The van der Waals surface area contributed by atoms with Gasteiger partial charge in [-0.2, -0.15) is 4.31 Å². The summed E-state index contributed by atoms with van der Waals surface area (Å²) in [7, 11) is -1.83. The summed E-state index contributed by atoms with van der Waals surface area (Å²) < 4.78 is 32.8. The van der Waals surface area contributed by atoms with Crippen molar-refractivity contribution in [2.75, 3.05) is 20.2 Å². The predicted octanol–water partition coefficient (Wildman–Crippen LogP) is 4.70. The van der Waals surface area contributed by atoms with Crippen molar-refractivity contribution in [3.8, 4) is 16.2 Å². The minimum atomic E-state index is -3.44. The molecule has 1 saturated heterocycles. The Bertz CT molecular complexity index is 1210. The third kappa shape index (κ3) is 4.72. The third-order valence-electron chi connectivity index (χ3n) is 5.59. The van der Waals surface area contributed by atoms with E-state index < -0.39 is 10.0 Å². The smallest absolute Gasteiger partial charge is 0.252 e. The number of benzene rings is 2. The lowest BCUT2D eigenvalue weighted by Gasteiger charge is -2.15. The number of thiophene rings is 1. The molecular formula is C24H26N2O4S2. The van der Waals surface area contributed by atoms with Crippen LogP contribution < -0.4 is 10.1 Å². The van der Waals surface area contributed by atoms with Gasteiger partial charge in [0.25, 0.3) is 15.9 Å². The number of ether oxygens (including phenoxy) is 1. The van der Waals surface area contributed by atoms with Crippen LogP contribution >= 0.6 is 11.3 Å². The summed E-state index contributed by atoms with van der Waals surface area (Å²) in [5.41, 5.74) is 2.29. The van der Waals surface area contributed by atoms with E-state index in [0.717, 1.165) is 34.6 Å². The SMILES string of the molecule is COc1cccc(C(C)NC(=O)c2cccc(-c3ccc(S(=O)(=O)N4CCCC4)s3)c2)c1. The number of hydrogen-bond donors (Lipinski definition) is 1. The van der Waals surface area contributed by atoms with Crippen molar-refractivity contribution in [1.82, 2.24) is 9.62 Å². The Morgan fingerprint density at radius 1 is 1.06 bits per heavy atom. The standard InChI is InChI=1S/C24H26N2O4S2/c1-17(18-7-6-10-21(16-18)30-2)25-24(27)20-9-5-8-19(15-20)22-11-12-23(31-22)32(28,29)26-13-3-4-14-26/h5-12,15-17H,3-4,13-14H2,1-2H3,(H,25,27). The second kappa shape index (κ2) is 9.44. The monoisotopic (exact) mass is 470 g/mol. The van der Waals surface area contributed by atoms with Crippen LogP contribution in [0.2, 0.25) is 0 Å². The van der Waals surface area contributed by atoms with Crippen LogP contribution in [-0.2, 0) is 10.0 Å². The highest BCUT2D eigenvalue weighted by molar-refractivity contribution is 7.91. The molecule has 6 nitrogen and oxygen atoms in total. The number of carbonyl (C=O) groups is 1. The van der Waals surface area contributed by atoms with Crippen molar-refractivity contribution in [3.63, 3.8) is 0 Å². The van der Waals surface area contributed by atoms with E-state index in [-0.39, 0.29) is 11.9 Å². The topological polar surface area (TPSA) is 75.7 Å². The highest BCUT2D eigenvalue weighted by Crippen LogP contribution is 2.33. The Hall–Kier alpha value is -2.68. The van der Waals surface area contributed by atoms with E-state index in [1.807, 2.05) is 49.4 Å². The van der Waals surface area contributed by atoms with Crippen LogP contribution in [0.5, 0.6) is 5.75 Å². The van der Waals surface area contributed by atoms with Gasteiger partial charge in [-0.3, -0.25) is 4.79 Å². The molecule has 1 N–H and O–H groups in total. The van der Waals surface area contributed by atoms with E-state index in [9.17, 15) is 13.2 Å². The summed E-state index contributed by atoms with van der Waals surface area (Å²) in [5.74, 6) is 0.548. The minimum absolute atomic E-state index is 0.191. The molecule has 1 fully saturated rings. The van der Waals surface area contributed by atoms with Gasteiger partial charge in [0.05, 0.1) is 13.2 Å². The van der Waals surface area contributed by atoms with Gasteiger partial charge in [0, 0.05) is 23.5 Å². The lowest BCUT2D eigenvalue weighted by molar-refractivity contribution is 0.0940. The zero-order valence-electron chi connectivity index (χ0n) is 18.1. The number of hydrogen-bond acceptors (Lipinski definition) is 5. The molecule has 8 heteroatoms. The predicted molar refractivity (Wildman–Crippen MR) is 127 cm³/mol. The Kier molecular flexibility index (Phi) is 6.64. The summed E-state index contributed by atoms with van der Waals surface area (Å²) in [6.45, 7) is 3.08. The zero-order valence-corrected chi connectivity index (χ0v) is 19.7. The Morgan fingerprint density at radius 2 is 1.81 bits per heavy atom. The van der Waals surface area contributed by atoms with Gasteiger partial charge in [0.15, 0.2) is 0 Å². The third-order valence-corrected chi connectivity index (χ3v) is 9.09. The normalized spacial score (nSPS) is 15.4. The fourth-order valence-electron chi connectivity index (χ4n) is 3.76. The van der Waals surface area contributed by atoms with Crippen molar-refractivity contribution in [2.24, 2.45) is 0 Å². The summed E-state index contributed by atoms with van der Waals surface area (Å²) >= 11 is 1.24. The molecule has 2 heterocycles. The molecule has 0 bridgehead atoms. The number of amides is 1. The van der Waals surface area contributed by atoms with Gasteiger partial charge in [-0.15, -0.1) is 11.3 Å². The molecule has 0 spiro atoms. The molecule has 1 atom stereocenters. The first kappa shape index (κ1) is 22.5. The highest BCUT2D eigenvalue weighted by atomic mass is 32.2. The van der Waals surface area contributed by atoms with Crippen LogP contribution in [0.3, 0.4) is 0 Å². The second-order valence-corrected chi connectivity index (χ2v) is 11.0. The molecule has 1 amide bonds. The fourth-order valence-corrected chi connectivity index (χ4v) is 6.73. The number of methoxy groups -OCH3 is 1. The summed E-state index contributed by atoms with van der Waals surface area (Å²) in [4.78, 5) is 13.7. The molecule has 0 radical (unpaired) electrons. The van der Waals surface area contributed by atoms with Gasteiger partial charge in [0.1, 0.15) is 9.96 Å². The van der Waals surface area contributed by atoms with Gasteiger partial charge in [-0.25, -0.2) is 8.42 Å². The lowest BCUT2D eigenvalue weighted by atomic mass is 10.1. The first-order valence-corrected chi connectivity index (χ1v) is 12.8. The van der Waals surface area contributed by atoms with Crippen LogP contribution in [0.15, 0.2) is 64.9 Å². The maximum absolute atomic E-state index is 12.9. The van der Waals surface area contributed by atoms with Crippen LogP contribution in [0.4, 0.5) is 0 Å². The molecule has 2 aromatic carbocycles. The molecule has 1 aliphatic rings. The van der Waals surface area contributed by atoms with E-state index in [1.54, 1.807) is 29.6 Å². The number of nitrogens with zero attached hydrogens (tertiary/aromatic N) is 1. The Labute approximate surface area is 192 Å². The Morgan fingerprint density at radius 3 is 2.56 bits per heavy atom. The molecule has 1 aliphatic heterocycles. The Balaban J connectivity index is 1.51. The van der Waals surface area contributed by atoms with E-state index in [4.69, 9.17) is 4.74 Å². The minimum Gasteiger partial charge on any atom is -0.497 e. The van der Waals surface area contributed by atoms with E-state index in [0.29, 0.717) is 22.9 Å². The fraction of sp³-hybridized carbons (Fsp3) is 0.292. The molecule has 1 unspecified atom stereocenters. The van der Waals surface area contributed by atoms with Crippen molar-refractivity contribution in [1.29, 1.82) is 0 Å². The van der Waals surface area contributed by atoms with Gasteiger partial charge >= 0.3 is 0 Å². The van der Waals surface area contributed by atoms with Crippen LogP contribution in [0.25, 0.3) is 10.4 Å². The van der Waals surface area contributed by atoms with Crippen molar-refractivity contribution in [2.45, 2.75) is 30.0 Å². The maximum Gasteiger partial charge on any atom is 0.252 e. The average molecular weight is 471 g/mol. The molecule has 3 aromatic rings. The summed E-state index contributed by atoms with van der Waals surface area (Å²) in [6.07, 6.45) is 1.81. The van der Waals surface area contributed by atoms with Crippen molar-refractivity contribution < 1.29 is 17.9 Å². The molecule has 168 valence electrons. The maximum atomic E-state index is 12.9. The number of sulfonamides is 1. The molecule has 1 aromatic heterocycles. The summed E-state index contributed by atoms with van der Waals surface area (Å²) in [5, 5.41) is 3.02. The first-order valence-electron chi connectivity index (χ1n) is 10.5. The van der Waals surface area contributed by atoms with E-state index in [1.165, 1.54) is 11.3 Å². The lowest BCUT2D eigenvalue weighted by Crippen LogP contribution is -2.27. The first-order chi connectivity index (χ1) is 15.4. The van der Waals surface area contributed by atoms with Crippen LogP contribution in [0, 0.1) is 0 Å². The van der Waals surface area contributed by atoms with Gasteiger partial charge in [-0.05, 0) is 67.3 Å². The number of rotatable bonds is 7. The van der Waals surface area contributed by atoms with Gasteiger partial charge in [-0.1, -0.05) is 24.3 Å². The van der Waals surface area contributed by atoms with Crippen LogP contribution in [0.1, 0.15) is 41.7 Å². The molecular weight excluding hydrogens is 444 g/mol. The van der Waals surface area contributed by atoms with Crippen molar-refractivity contribution >= 4 is 27.3 Å². The molecule has 4 rings (SSSR count). The average Bonchev–Trinajstić information content (AvgIpc) is 3.52. The van der Waals surface area contributed by atoms with Crippen LogP contribution in [-0.4, -0.2) is 38.8 Å². The number of carbonyl (C=O) groups excluding carboxylic acids is 1. The van der Waals surface area contributed by atoms with Crippen molar-refractivity contribution in [3.05, 3.63) is 71.8 Å². The second-order valence-electron chi connectivity index (χ2n) is 7.78. The molecule has 32 heavy (non-hydrogen) atoms. The van der Waals surface area contributed by atoms with Gasteiger partial charge in [0.2, 0.25) is 0 Å². The quantitative estimate of drug-likeness (QED) is 0.543. The van der Waals surface area contributed by atoms with E-state index in [2.05, 4.69) is 5.32 Å². The van der Waals surface area contributed by atoms with Gasteiger partial charge < -0.3 is 10.1 Å². The molecule has 0 aliphatic carbocycles. The number of nitrogens with one attached hydrogen (secondary N) is 1. The summed E-state index contributed by atoms with van der Waals surface area (Å²) in [6, 6.07) is 18.1. The largest absolute Gasteiger partial charge is 0.497 e. The highest BCUT2D eigenvalue weighted by Gasteiger charge is 2.28.